The molecule has 1 radical (unpaired) electrons. The summed E-state index contributed by atoms with van der Waals surface area (Å²) >= 11 is 0. The van der Waals surface area contributed by atoms with Crippen LogP contribution in [0.1, 0.15) is 53.4 Å². The molecule has 0 fully saturated rings. The third-order valence-corrected chi connectivity index (χ3v) is 2.97. The van der Waals surface area contributed by atoms with Crippen LogP contribution in [0.4, 0.5) is 0 Å². The van der Waals surface area contributed by atoms with Gasteiger partial charge in [0.1, 0.15) is 5.78 Å². The minimum Gasteiger partial charge on any atom is -0.393 e. The molecule has 0 amide bonds. The molecule has 0 bridgehead atoms. The number of carbonyl (C=O) groups excluding carboxylic acids is 1. The van der Waals surface area contributed by atoms with Gasteiger partial charge in [-0.2, -0.15) is 0 Å². The molecule has 0 aromatic heterocycles. The summed E-state index contributed by atoms with van der Waals surface area (Å²) in [6.45, 7) is 11.7. The van der Waals surface area contributed by atoms with Crippen molar-refractivity contribution < 1.29 is 9.90 Å². The smallest absolute Gasteiger partial charge is 0.133 e. The molecule has 0 aromatic rings. The van der Waals surface area contributed by atoms with Crippen LogP contribution in [0.15, 0.2) is 0 Å². The predicted molar refractivity (Wildman–Crippen MR) is 63.5 cm³/mol. The summed E-state index contributed by atoms with van der Waals surface area (Å²) < 4.78 is 0. The van der Waals surface area contributed by atoms with E-state index in [2.05, 4.69) is 20.8 Å². The lowest BCUT2D eigenvalue weighted by Gasteiger charge is -2.30. The fourth-order valence-electron chi connectivity index (χ4n) is 1.51. The van der Waals surface area contributed by atoms with Gasteiger partial charge in [0.05, 0.1) is 6.10 Å². The summed E-state index contributed by atoms with van der Waals surface area (Å²) in [4.78, 5) is 10.8. The number of carbonyl (C=O) groups is 1. The van der Waals surface area contributed by atoms with Crippen LogP contribution in [-0.4, -0.2) is 17.0 Å². The average Bonchev–Trinajstić information content (AvgIpc) is 2.11. The normalized spacial score (nSPS) is 14.3. The molecule has 0 aromatic carbocycles. The zero-order valence-corrected chi connectivity index (χ0v) is 10.5. The van der Waals surface area contributed by atoms with Crippen LogP contribution in [0, 0.1) is 18.3 Å². The summed E-state index contributed by atoms with van der Waals surface area (Å²) in [6.07, 6.45) is 2.71. The Hall–Kier alpha value is -0.370. The molecule has 2 heteroatoms. The Bertz CT molecular complexity index is 195. The Balaban J connectivity index is 4.01. The zero-order valence-electron chi connectivity index (χ0n) is 10.5. The fraction of sp³-hybridized carbons (Fsp3) is 0.846. The SMILES string of the molecule is [CH2]C(=O)CCC(C)(C)C(O)CCC(C)C. The molecule has 0 heterocycles. The number of hydrogen-bond donors (Lipinski definition) is 1. The van der Waals surface area contributed by atoms with Crippen LogP contribution in [0.5, 0.6) is 0 Å². The van der Waals surface area contributed by atoms with Gasteiger partial charge in [-0.1, -0.05) is 27.7 Å². The molecule has 89 valence electrons. The molecule has 0 saturated carbocycles. The van der Waals surface area contributed by atoms with Gasteiger partial charge >= 0.3 is 0 Å². The Labute approximate surface area is 94.1 Å². The van der Waals surface area contributed by atoms with Crippen molar-refractivity contribution in [2.24, 2.45) is 11.3 Å². The second kappa shape index (κ2) is 6.26. The highest BCUT2D eigenvalue weighted by atomic mass is 16.3. The Morgan fingerprint density at radius 1 is 1.33 bits per heavy atom. The molecule has 1 atom stereocenters. The minimum absolute atomic E-state index is 0.0425. The maximum atomic E-state index is 10.8. The molecule has 15 heavy (non-hydrogen) atoms. The van der Waals surface area contributed by atoms with Gasteiger partial charge in [0.25, 0.3) is 0 Å². The first-order valence-electron chi connectivity index (χ1n) is 5.78. The van der Waals surface area contributed by atoms with E-state index in [1.807, 2.05) is 13.8 Å². The van der Waals surface area contributed by atoms with Crippen molar-refractivity contribution in [2.45, 2.75) is 59.5 Å². The van der Waals surface area contributed by atoms with Crippen LogP contribution in [0.25, 0.3) is 0 Å². The van der Waals surface area contributed by atoms with Crippen molar-refractivity contribution in [1.29, 1.82) is 0 Å². The third-order valence-electron chi connectivity index (χ3n) is 2.97. The van der Waals surface area contributed by atoms with E-state index >= 15 is 0 Å². The maximum Gasteiger partial charge on any atom is 0.133 e. The monoisotopic (exact) mass is 213 g/mol. The van der Waals surface area contributed by atoms with Crippen molar-refractivity contribution in [2.75, 3.05) is 0 Å². The molecule has 1 unspecified atom stereocenters. The van der Waals surface area contributed by atoms with Crippen molar-refractivity contribution in [3.8, 4) is 0 Å². The minimum atomic E-state index is -0.320. The zero-order chi connectivity index (χ0) is 12.1. The predicted octanol–water partition coefficient (Wildman–Crippen LogP) is 2.99. The van der Waals surface area contributed by atoms with E-state index in [1.165, 1.54) is 0 Å². The van der Waals surface area contributed by atoms with E-state index in [0.717, 1.165) is 12.8 Å². The number of Topliss-reactive ketones (excluding diaryl/α,β-unsaturated/α-hetero) is 1. The first kappa shape index (κ1) is 14.6. The standard InChI is InChI=1S/C13H25O2/c1-10(2)6-7-12(15)13(4,5)9-8-11(3)14/h10,12,15H,3,6-9H2,1-2,4-5H3. The highest BCUT2D eigenvalue weighted by Crippen LogP contribution is 2.30. The van der Waals surface area contributed by atoms with Crippen molar-refractivity contribution >= 4 is 5.78 Å². The molecule has 1 N–H and O–H groups in total. The van der Waals surface area contributed by atoms with Crippen LogP contribution < -0.4 is 0 Å². The topological polar surface area (TPSA) is 37.3 Å². The van der Waals surface area contributed by atoms with E-state index in [0.29, 0.717) is 18.8 Å². The van der Waals surface area contributed by atoms with Crippen molar-refractivity contribution in [1.82, 2.24) is 0 Å². The largest absolute Gasteiger partial charge is 0.393 e. The number of hydrogen-bond acceptors (Lipinski definition) is 2. The van der Waals surface area contributed by atoms with Gasteiger partial charge in [-0.25, -0.2) is 0 Å². The van der Waals surface area contributed by atoms with Gasteiger partial charge in [0, 0.05) is 13.3 Å². The number of rotatable bonds is 7. The number of aliphatic hydroxyl groups is 1. The van der Waals surface area contributed by atoms with Crippen LogP contribution in [-0.2, 0) is 4.79 Å². The second-order valence-corrected chi connectivity index (χ2v) is 5.51. The summed E-state index contributed by atoms with van der Waals surface area (Å²) in [6, 6.07) is 0. The first-order valence-corrected chi connectivity index (χ1v) is 5.78. The Morgan fingerprint density at radius 2 is 1.87 bits per heavy atom. The molecule has 0 spiro atoms. The van der Waals surface area contributed by atoms with E-state index in [9.17, 15) is 9.90 Å². The second-order valence-electron chi connectivity index (χ2n) is 5.51. The Morgan fingerprint density at radius 3 is 2.27 bits per heavy atom. The lowest BCUT2D eigenvalue weighted by Crippen LogP contribution is -2.30. The maximum absolute atomic E-state index is 10.8. The first-order chi connectivity index (χ1) is 6.75. The van der Waals surface area contributed by atoms with Crippen molar-refractivity contribution in [3.05, 3.63) is 6.92 Å². The summed E-state index contributed by atoms with van der Waals surface area (Å²) in [5, 5.41) is 10.0. The molecular formula is C13H25O2. The van der Waals surface area contributed by atoms with Gasteiger partial charge in [0.2, 0.25) is 0 Å². The highest BCUT2D eigenvalue weighted by molar-refractivity contribution is 5.82. The van der Waals surface area contributed by atoms with Gasteiger partial charge in [-0.05, 0) is 30.6 Å². The molecule has 2 nitrogen and oxygen atoms in total. The van der Waals surface area contributed by atoms with Crippen molar-refractivity contribution in [3.63, 3.8) is 0 Å². The summed E-state index contributed by atoms with van der Waals surface area (Å²) in [7, 11) is 0. The van der Waals surface area contributed by atoms with Gasteiger partial charge in [-0.3, -0.25) is 4.79 Å². The lowest BCUT2D eigenvalue weighted by molar-refractivity contribution is -0.115. The molecule has 0 aliphatic rings. The number of ketones is 1. The van der Waals surface area contributed by atoms with Crippen LogP contribution in [0.3, 0.4) is 0 Å². The van der Waals surface area contributed by atoms with Gasteiger partial charge in [0.15, 0.2) is 0 Å². The number of aliphatic hydroxyl groups excluding tert-OH is 1. The molecule has 0 rings (SSSR count). The molecular weight excluding hydrogens is 188 g/mol. The molecule has 0 aliphatic carbocycles. The molecule has 0 aliphatic heterocycles. The van der Waals surface area contributed by atoms with Crippen LogP contribution in [0.2, 0.25) is 0 Å². The Kier molecular flexibility index (Phi) is 6.11. The van der Waals surface area contributed by atoms with Crippen LogP contribution >= 0.6 is 0 Å². The van der Waals surface area contributed by atoms with Gasteiger partial charge in [-0.15, -0.1) is 0 Å². The fourth-order valence-corrected chi connectivity index (χ4v) is 1.51. The van der Waals surface area contributed by atoms with Gasteiger partial charge < -0.3 is 5.11 Å². The lowest BCUT2D eigenvalue weighted by atomic mass is 9.79. The van der Waals surface area contributed by atoms with E-state index in [1.54, 1.807) is 0 Å². The molecule has 0 saturated heterocycles. The summed E-state index contributed by atoms with van der Waals surface area (Å²) in [5.74, 6) is 0.573. The summed E-state index contributed by atoms with van der Waals surface area (Å²) in [5.41, 5.74) is -0.178. The van der Waals surface area contributed by atoms with E-state index in [4.69, 9.17) is 0 Å². The van der Waals surface area contributed by atoms with E-state index < -0.39 is 0 Å². The van der Waals surface area contributed by atoms with E-state index in [-0.39, 0.29) is 17.3 Å². The average molecular weight is 213 g/mol. The third kappa shape index (κ3) is 6.67. The quantitative estimate of drug-likeness (QED) is 0.706. The highest BCUT2D eigenvalue weighted by Gasteiger charge is 2.27.